The molecule has 0 bridgehead atoms. The Hall–Kier alpha value is -3.90. The molecule has 3 aromatic rings. The lowest BCUT2D eigenvalue weighted by Gasteiger charge is -2.28. The molecule has 0 radical (unpaired) electrons. The van der Waals surface area contributed by atoms with Crippen LogP contribution in [0, 0.1) is 5.41 Å². The average Bonchev–Trinajstić information content (AvgIpc) is 3.49. The molecule has 0 atom stereocenters. The Balaban J connectivity index is 1.40. The second kappa shape index (κ2) is 9.99. The minimum Gasteiger partial charge on any atom is -0.465 e. The quantitative estimate of drug-likeness (QED) is 0.283. The van der Waals surface area contributed by atoms with Gasteiger partial charge in [0, 0.05) is 28.0 Å². The van der Waals surface area contributed by atoms with E-state index < -0.39 is 5.97 Å². The van der Waals surface area contributed by atoms with Crippen molar-refractivity contribution in [2.45, 2.75) is 33.6 Å². The fraction of sp³-hybridized carbons (Fsp3) is 0.200. The van der Waals surface area contributed by atoms with E-state index in [0.29, 0.717) is 17.7 Å². The van der Waals surface area contributed by atoms with E-state index in [1.807, 2.05) is 60.7 Å². The summed E-state index contributed by atoms with van der Waals surface area (Å²) < 4.78 is 6.33. The normalized spacial score (nSPS) is 17.6. The van der Waals surface area contributed by atoms with Crippen molar-refractivity contribution < 1.29 is 14.4 Å². The largest absolute Gasteiger partial charge is 0.465 e. The van der Waals surface area contributed by atoms with Crippen molar-refractivity contribution in [2.24, 2.45) is 10.6 Å². The molecule has 6 heteroatoms. The Morgan fingerprint density at radius 1 is 0.889 bits per heavy atom. The topological polar surface area (TPSA) is 59.9 Å². The molecular weight excluding hydrogens is 468 g/mol. The number of para-hydroxylation sites is 1. The number of hydrogen-bond acceptors (Lipinski definition) is 6. The van der Waals surface area contributed by atoms with Crippen molar-refractivity contribution in [1.82, 2.24) is 0 Å². The highest BCUT2D eigenvalue weighted by Gasteiger charge is 2.32. The zero-order valence-corrected chi connectivity index (χ0v) is 21.4. The predicted molar refractivity (Wildman–Crippen MR) is 145 cm³/mol. The summed E-state index contributed by atoms with van der Waals surface area (Å²) in [5.74, 6) is 1.19. The fourth-order valence-corrected chi connectivity index (χ4v) is 4.93. The smallest absolute Gasteiger partial charge is 0.368 e. The first kappa shape index (κ1) is 23.8. The van der Waals surface area contributed by atoms with Gasteiger partial charge in [0.2, 0.25) is 0 Å². The summed E-state index contributed by atoms with van der Waals surface area (Å²) in [6, 6.07) is 24.0. The summed E-state index contributed by atoms with van der Waals surface area (Å²) in [6.07, 6.45) is 5.43. The fourth-order valence-electron chi connectivity index (χ4n) is 4.01. The number of carbonyl (C=O) groups excluding carboxylic acids is 1. The molecule has 1 N–H and O–H groups in total. The van der Waals surface area contributed by atoms with Gasteiger partial charge in [-0.1, -0.05) is 74.5 Å². The molecule has 0 saturated heterocycles. The molecule has 1 aromatic heterocycles. The van der Waals surface area contributed by atoms with Crippen LogP contribution in [0.15, 0.2) is 113 Å². The van der Waals surface area contributed by atoms with Crippen LogP contribution in [0.4, 0.5) is 10.7 Å². The highest BCUT2D eigenvalue weighted by atomic mass is 32.1. The minimum atomic E-state index is -0.444. The Morgan fingerprint density at radius 2 is 1.61 bits per heavy atom. The second-order valence-corrected chi connectivity index (χ2v) is 10.9. The van der Waals surface area contributed by atoms with Gasteiger partial charge in [-0.05, 0) is 48.4 Å². The SMILES string of the molecule is CC(C)(C)C1=C/C(=C2/C(=O)ON=C2c2ccccc2)C=C(CCc2ccc(Nc3ccccc3)s2)O1. The first-order valence-corrected chi connectivity index (χ1v) is 12.8. The molecule has 0 aliphatic carbocycles. The van der Waals surface area contributed by atoms with Crippen molar-refractivity contribution >= 4 is 33.7 Å². The number of nitrogens with zero attached hydrogens (tertiary/aromatic N) is 1. The van der Waals surface area contributed by atoms with Gasteiger partial charge in [-0.25, -0.2) is 4.79 Å². The maximum atomic E-state index is 12.8. The molecule has 0 amide bonds. The zero-order chi connectivity index (χ0) is 25.1. The monoisotopic (exact) mass is 496 g/mol. The van der Waals surface area contributed by atoms with Gasteiger partial charge in [-0.2, -0.15) is 0 Å². The lowest BCUT2D eigenvalue weighted by atomic mass is 9.88. The van der Waals surface area contributed by atoms with Crippen molar-refractivity contribution in [2.75, 3.05) is 5.32 Å². The van der Waals surface area contributed by atoms with E-state index in [0.717, 1.165) is 39.8 Å². The Bertz CT molecular complexity index is 1390. The Labute approximate surface area is 215 Å². The second-order valence-electron chi connectivity index (χ2n) is 9.74. The van der Waals surface area contributed by atoms with Crippen molar-refractivity contribution in [3.05, 3.63) is 118 Å². The van der Waals surface area contributed by atoms with E-state index in [9.17, 15) is 4.79 Å². The van der Waals surface area contributed by atoms with E-state index >= 15 is 0 Å². The van der Waals surface area contributed by atoms with Gasteiger partial charge in [0.15, 0.2) is 0 Å². The van der Waals surface area contributed by atoms with Gasteiger partial charge < -0.3 is 14.9 Å². The van der Waals surface area contributed by atoms with Gasteiger partial charge in [-0.15, -0.1) is 11.3 Å². The van der Waals surface area contributed by atoms with Crippen molar-refractivity contribution in [3.63, 3.8) is 0 Å². The van der Waals surface area contributed by atoms with Crippen molar-refractivity contribution in [3.8, 4) is 0 Å². The van der Waals surface area contributed by atoms with E-state index in [1.54, 1.807) is 11.3 Å². The summed E-state index contributed by atoms with van der Waals surface area (Å²) in [4.78, 5) is 19.1. The van der Waals surface area contributed by atoms with E-state index in [-0.39, 0.29) is 5.41 Å². The highest BCUT2D eigenvalue weighted by molar-refractivity contribution is 7.16. The first-order chi connectivity index (χ1) is 17.4. The number of rotatable bonds is 6. The van der Waals surface area contributed by atoms with Crippen LogP contribution in [0.25, 0.3) is 0 Å². The number of ether oxygens (including phenoxy) is 1. The van der Waals surface area contributed by atoms with Crippen LogP contribution in [0.5, 0.6) is 0 Å². The molecule has 0 fully saturated rings. The summed E-state index contributed by atoms with van der Waals surface area (Å²) in [6.45, 7) is 6.30. The Morgan fingerprint density at radius 3 is 2.33 bits per heavy atom. The van der Waals surface area contributed by atoms with Crippen LogP contribution in [0.3, 0.4) is 0 Å². The number of allylic oxidation sites excluding steroid dienone is 5. The number of carbonyl (C=O) groups is 1. The lowest BCUT2D eigenvalue weighted by Crippen LogP contribution is -2.17. The number of thiophene rings is 1. The molecule has 5 rings (SSSR count). The molecule has 0 unspecified atom stereocenters. The first-order valence-electron chi connectivity index (χ1n) is 12.0. The number of nitrogens with one attached hydrogen (secondary N) is 1. The molecule has 0 spiro atoms. The third-order valence-corrected chi connectivity index (χ3v) is 6.96. The third-order valence-electron chi connectivity index (χ3n) is 5.90. The standard InChI is InChI=1S/C30H28N2O3S/c1-30(2,3)25-19-21(27-28(32-35-29(27)33)20-10-6-4-7-11-20)18-23(34-25)14-15-24-16-17-26(36-24)31-22-12-8-5-9-13-22/h4-13,16-19,31H,14-15H2,1-3H3/b27-21+. The van der Waals surface area contributed by atoms with Crippen LogP contribution < -0.4 is 5.32 Å². The molecule has 0 saturated carbocycles. The Kier molecular flexibility index (Phi) is 6.61. The molecule has 2 aliphatic rings. The van der Waals surface area contributed by atoms with Crippen LogP contribution in [0.2, 0.25) is 0 Å². The molecular formula is C30H28N2O3S. The minimum absolute atomic E-state index is 0.229. The number of hydrogen-bond donors (Lipinski definition) is 1. The average molecular weight is 497 g/mol. The van der Waals surface area contributed by atoms with Gasteiger partial charge in [-0.3, -0.25) is 0 Å². The number of oxime groups is 1. The van der Waals surface area contributed by atoms with Crippen LogP contribution >= 0.6 is 11.3 Å². The van der Waals surface area contributed by atoms with Gasteiger partial charge in [0.1, 0.15) is 17.2 Å². The van der Waals surface area contributed by atoms with Crippen molar-refractivity contribution in [1.29, 1.82) is 0 Å². The molecule has 2 aromatic carbocycles. The molecule has 36 heavy (non-hydrogen) atoms. The number of anilines is 2. The third kappa shape index (κ3) is 5.34. The molecule has 5 nitrogen and oxygen atoms in total. The van der Waals surface area contributed by atoms with Crippen LogP contribution in [-0.4, -0.2) is 11.7 Å². The van der Waals surface area contributed by atoms with Crippen LogP contribution in [-0.2, 0) is 20.8 Å². The van der Waals surface area contributed by atoms with Gasteiger partial charge in [0.25, 0.3) is 0 Å². The molecule has 2 aliphatic heterocycles. The summed E-state index contributed by atoms with van der Waals surface area (Å²) >= 11 is 1.73. The molecule has 3 heterocycles. The van der Waals surface area contributed by atoms with E-state index in [4.69, 9.17) is 9.57 Å². The van der Waals surface area contributed by atoms with Crippen LogP contribution in [0.1, 0.15) is 37.6 Å². The van der Waals surface area contributed by atoms with E-state index in [2.05, 4.69) is 55.5 Å². The predicted octanol–water partition coefficient (Wildman–Crippen LogP) is 7.53. The maximum Gasteiger partial charge on any atom is 0.368 e. The lowest BCUT2D eigenvalue weighted by molar-refractivity contribution is -0.136. The highest BCUT2D eigenvalue weighted by Crippen LogP contribution is 2.37. The maximum absolute atomic E-state index is 12.8. The zero-order valence-electron chi connectivity index (χ0n) is 20.6. The van der Waals surface area contributed by atoms with Gasteiger partial charge in [0.05, 0.1) is 10.6 Å². The van der Waals surface area contributed by atoms with E-state index in [1.165, 1.54) is 4.88 Å². The van der Waals surface area contributed by atoms with Gasteiger partial charge >= 0.3 is 5.97 Å². The summed E-state index contributed by atoms with van der Waals surface area (Å²) in [5.41, 5.74) is 3.47. The molecule has 182 valence electrons. The number of benzene rings is 2. The number of aryl methyl sites for hydroxylation is 1. The summed E-state index contributed by atoms with van der Waals surface area (Å²) in [5, 5.41) is 8.64. The summed E-state index contributed by atoms with van der Waals surface area (Å²) in [7, 11) is 0.